The molecule has 94 valence electrons. The van der Waals surface area contributed by atoms with E-state index in [9.17, 15) is 8.42 Å². The lowest BCUT2D eigenvalue weighted by molar-refractivity contribution is 0.592. The van der Waals surface area contributed by atoms with Crippen molar-refractivity contribution in [2.75, 3.05) is 4.41 Å². The second kappa shape index (κ2) is 4.80. The summed E-state index contributed by atoms with van der Waals surface area (Å²) in [4.78, 5) is 0.175. The normalized spacial score (nSPS) is 11.2. The summed E-state index contributed by atoms with van der Waals surface area (Å²) in [5, 5.41) is 0. The van der Waals surface area contributed by atoms with Gasteiger partial charge in [-0.05, 0) is 36.8 Å². The van der Waals surface area contributed by atoms with Crippen molar-refractivity contribution in [2.45, 2.75) is 11.8 Å². The smallest absolute Gasteiger partial charge is 0.233 e. The fourth-order valence-corrected chi connectivity index (χ4v) is 2.73. The van der Waals surface area contributed by atoms with Gasteiger partial charge in [-0.3, -0.25) is 0 Å². The molecule has 0 radical (unpaired) electrons. The number of benzene rings is 2. The van der Waals surface area contributed by atoms with Crippen LogP contribution in [0.25, 0.3) is 0 Å². The third kappa shape index (κ3) is 2.37. The summed E-state index contributed by atoms with van der Waals surface area (Å²) < 4.78 is 25.3. The number of rotatable bonds is 3. The molecule has 0 bridgehead atoms. The van der Waals surface area contributed by atoms with Crippen LogP contribution in [0.2, 0.25) is 0 Å². The van der Waals surface area contributed by atoms with Crippen LogP contribution in [-0.2, 0) is 10.0 Å². The van der Waals surface area contributed by atoms with E-state index in [4.69, 9.17) is 5.84 Å². The number of aryl methyl sites for hydroxylation is 1. The largest absolute Gasteiger partial charge is 0.277 e. The summed E-state index contributed by atoms with van der Waals surface area (Å²) >= 11 is 0. The molecule has 2 N–H and O–H groups in total. The maximum absolute atomic E-state index is 12.2. The predicted octanol–water partition coefficient (Wildman–Crippen LogP) is 2.06. The van der Waals surface area contributed by atoms with Crippen molar-refractivity contribution in [3.63, 3.8) is 0 Å². The Kier molecular flexibility index (Phi) is 3.36. The van der Waals surface area contributed by atoms with E-state index in [1.165, 1.54) is 12.1 Å². The van der Waals surface area contributed by atoms with Crippen LogP contribution in [0.5, 0.6) is 0 Å². The minimum atomic E-state index is -3.70. The van der Waals surface area contributed by atoms with Gasteiger partial charge in [0.1, 0.15) is 0 Å². The van der Waals surface area contributed by atoms with Crippen molar-refractivity contribution < 1.29 is 8.42 Å². The third-order valence-electron chi connectivity index (χ3n) is 2.56. The molecule has 0 unspecified atom stereocenters. The molecule has 0 amide bonds. The van der Waals surface area contributed by atoms with Gasteiger partial charge in [0.2, 0.25) is 0 Å². The minimum absolute atomic E-state index is 0.175. The monoisotopic (exact) mass is 262 g/mol. The highest BCUT2D eigenvalue weighted by Gasteiger charge is 2.21. The Hall–Kier alpha value is -1.85. The molecule has 2 rings (SSSR count). The Morgan fingerprint density at radius 3 is 2.28 bits per heavy atom. The molecule has 0 aliphatic heterocycles. The van der Waals surface area contributed by atoms with E-state index in [2.05, 4.69) is 0 Å². The molecule has 0 heterocycles. The zero-order valence-corrected chi connectivity index (χ0v) is 10.8. The molecule has 0 atom stereocenters. The van der Waals surface area contributed by atoms with E-state index >= 15 is 0 Å². The summed E-state index contributed by atoms with van der Waals surface area (Å²) in [6, 6.07) is 15.2. The minimum Gasteiger partial charge on any atom is -0.233 e. The Morgan fingerprint density at radius 1 is 1.00 bits per heavy atom. The SMILES string of the molecule is Cc1cccc(N(N)S(=O)(=O)c2ccccc2)c1. The maximum atomic E-state index is 12.2. The molecule has 18 heavy (non-hydrogen) atoms. The Balaban J connectivity index is 2.43. The topological polar surface area (TPSA) is 63.4 Å². The first-order chi connectivity index (χ1) is 8.51. The van der Waals surface area contributed by atoms with E-state index in [-0.39, 0.29) is 4.90 Å². The molecule has 2 aromatic rings. The fourth-order valence-electron chi connectivity index (χ4n) is 1.61. The number of nitrogens with two attached hydrogens (primary N) is 1. The Morgan fingerprint density at radius 2 is 1.67 bits per heavy atom. The highest BCUT2D eigenvalue weighted by molar-refractivity contribution is 7.92. The van der Waals surface area contributed by atoms with Crippen molar-refractivity contribution in [1.82, 2.24) is 0 Å². The molecule has 0 saturated heterocycles. The van der Waals surface area contributed by atoms with Crippen molar-refractivity contribution in [1.29, 1.82) is 0 Å². The lowest BCUT2D eigenvalue weighted by Crippen LogP contribution is -2.37. The average molecular weight is 262 g/mol. The van der Waals surface area contributed by atoms with Crippen molar-refractivity contribution in [3.8, 4) is 0 Å². The van der Waals surface area contributed by atoms with Gasteiger partial charge in [-0.25, -0.2) is 10.3 Å². The lowest BCUT2D eigenvalue weighted by Gasteiger charge is -2.19. The van der Waals surface area contributed by atoms with Crippen molar-refractivity contribution >= 4 is 15.7 Å². The van der Waals surface area contributed by atoms with Crippen molar-refractivity contribution in [3.05, 3.63) is 60.2 Å². The van der Waals surface area contributed by atoms with Gasteiger partial charge in [0.25, 0.3) is 10.0 Å². The first-order valence-corrected chi connectivity index (χ1v) is 6.87. The number of nitrogens with zero attached hydrogens (tertiary/aromatic N) is 1. The molecule has 0 fully saturated rings. The van der Waals surface area contributed by atoms with Gasteiger partial charge in [0, 0.05) is 0 Å². The lowest BCUT2D eigenvalue weighted by atomic mass is 10.2. The van der Waals surface area contributed by atoms with Crippen LogP contribution >= 0.6 is 0 Å². The zero-order chi connectivity index (χ0) is 13.2. The highest BCUT2D eigenvalue weighted by Crippen LogP contribution is 2.20. The summed E-state index contributed by atoms with van der Waals surface area (Å²) in [5.41, 5.74) is 1.39. The Labute approximate surface area is 107 Å². The standard InChI is InChI=1S/C13H14N2O2S/c1-11-6-5-7-12(10-11)15(14)18(16,17)13-8-3-2-4-9-13/h2-10H,14H2,1H3. The summed E-state index contributed by atoms with van der Waals surface area (Å²) in [6.07, 6.45) is 0. The van der Waals surface area contributed by atoms with Crippen LogP contribution in [0.1, 0.15) is 5.56 Å². The van der Waals surface area contributed by atoms with Crippen LogP contribution in [0, 0.1) is 6.92 Å². The maximum Gasteiger partial charge on any atom is 0.277 e. The average Bonchev–Trinajstić information content (AvgIpc) is 2.39. The molecule has 5 heteroatoms. The highest BCUT2D eigenvalue weighted by atomic mass is 32.2. The van der Waals surface area contributed by atoms with E-state index < -0.39 is 10.0 Å². The molecule has 0 aliphatic rings. The van der Waals surface area contributed by atoms with Gasteiger partial charge in [-0.1, -0.05) is 30.3 Å². The summed E-state index contributed by atoms with van der Waals surface area (Å²) in [7, 11) is -3.70. The van der Waals surface area contributed by atoms with Gasteiger partial charge < -0.3 is 0 Å². The van der Waals surface area contributed by atoms with E-state index in [1.54, 1.807) is 36.4 Å². The van der Waals surface area contributed by atoms with Gasteiger partial charge in [0.15, 0.2) is 0 Å². The van der Waals surface area contributed by atoms with Gasteiger partial charge in [0.05, 0.1) is 10.6 Å². The third-order valence-corrected chi connectivity index (χ3v) is 4.15. The molecule has 0 saturated carbocycles. The van der Waals surface area contributed by atoms with Gasteiger partial charge in [-0.15, -0.1) is 0 Å². The Bertz CT molecular complexity index is 639. The van der Waals surface area contributed by atoms with E-state index in [0.29, 0.717) is 5.69 Å². The van der Waals surface area contributed by atoms with E-state index in [0.717, 1.165) is 9.98 Å². The second-order valence-electron chi connectivity index (χ2n) is 3.95. The van der Waals surface area contributed by atoms with Gasteiger partial charge >= 0.3 is 0 Å². The molecular weight excluding hydrogens is 248 g/mol. The zero-order valence-electron chi connectivity index (χ0n) is 9.95. The quantitative estimate of drug-likeness (QED) is 0.680. The number of anilines is 1. The summed E-state index contributed by atoms with van der Waals surface area (Å²) in [5.74, 6) is 5.72. The number of hydrogen-bond acceptors (Lipinski definition) is 3. The van der Waals surface area contributed by atoms with Crippen LogP contribution in [0.4, 0.5) is 5.69 Å². The van der Waals surface area contributed by atoms with Crippen LogP contribution in [0.15, 0.2) is 59.5 Å². The molecule has 4 nitrogen and oxygen atoms in total. The van der Waals surface area contributed by atoms with Gasteiger partial charge in [-0.2, -0.15) is 8.42 Å². The second-order valence-corrected chi connectivity index (χ2v) is 5.77. The molecule has 0 spiro atoms. The van der Waals surface area contributed by atoms with Crippen molar-refractivity contribution in [2.24, 2.45) is 5.84 Å². The number of sulfonamides is 1. The fraction of sp³-hybridized carbons (Fsp3) is 0.0769. The molecule has 0 aliphatic carbocycles. The van der Waals surface area contributed by atoms with Crippen LogP contribution in [-0.4, -0.2) is 8.42 Å². The summed E-state index contributed by atoms with van der Waals surface area (Å²) in [6.45, 7) is 1.88. The predicted molar refractivity (Wildman–Crippen MR) is 71.5 cm³/mol. The number of hydrazine groups is 1. The first kappa shape index (κ1) is 12.6. The molecule has 2 aromatic carbocycles. The number of hydrogen-bond donors (Lipinski definition) is 1. The molecular formula is C13H14N2O2S. The van der Waals surface area contributed by atoms with E-state index in [1.807, 2.05) is 13.0 Å². The first-order valence-electron chi connectivity index (χ1n) is 5.43. The van der Waals surface area contributed by atoms with Crippen LogP contribution < -0.4 is 10.3 Å². The van der Waals surface area contributed by atoms with Crippen LogP contribution in [0.3, 0.4) is 0 Å². The molecule has 0 aromatic heterocycles.